The molecule has 3 heterocycles. The molecule has 0 aliphatic carbocycles. The van der Waals surface area contributed by atoms with Crippen molar-refractivity contribution in [2.24, 2.45) is 0 Å². The zero-order chi connectivity index (χ0) is 25.4. The fourth-order valence-electron chi connectivity index (χ4n) is 4.01. The lowest BCUT2D eigenvalue weighted by Crippen LogP contribution is -2.63. The van der Waals surface area contributed by atoms with E-state index in [9.17, 15) is 56.2 Å². The van der Waals surface area contributed by atoms with Crippen LogP contribution in [0.2, 0.25) is 0 Å². The van der Waals surface area contributed by atoms with Crippen LogP contribution in [0.15, 0.2) is 0 Å². The van der Waals surface area contributed by atoms with Gasteiger partial charge < -0.3 is 79.9 Å². The van der Waals surface area contributed by atoms with Crippen molar-refractivity contribution < 1.29 is 79.9 Å². The molecule has 0 spiro atoms. The molecule has 0 amide bonds. The highest BCUT2D eigenvalue weighted by Gasteiger charge is 2.58. The van der Waals surface area contributed by atoms with Gasteiger partial charge >= 0.3 is 0 Å². The third-order valence-electron chi connectivity index (χ3n) is 6.16. The molecular weight excluding hydrogens is 472 g/mol. The lowest BCUT2D eigenvalue weighted by Gasteiger charge is -2.44. The molecule has 200 valence electrons. The Morgan fingerprint density at radius 3 is 1.65 bits per heavy atom. The summed E-state index contributed by atoms with van der Waals surface area (Å²) in [5, 5.41) is 109. The van der Waals surface area contributed by atoms with Gasteiger partial charge in [0.1, 0.15) is 73.8 Å². The Kier molecular flexibility index (Phi) is 9.18. The van der Waals surface area contributed by atoms with Crippen molar-refractivity contribution in [3.05, 3.63) is 0 Å². The summed E-state index contributed by atoms with van der Waals surface area (Å²) in [6.45, 7) is -3.14. The summed E-state index contributed by atoms with van der Waals surface area (Å²) < 4.78 is 26.4. The molecule has 0 aromatic carbocycles. The number of rotatable bonds is 8. The van der Waals surface area contributed by atoms with Crippen molar-refractivity contribution in [3.63, 3.8) is 0 Å². The minimum Gasteiger partial charge on any atom is -0.394 e. The number of aliphatic hydroxyl groups excluding tert-OH is 11. The maximum atomic E-state index is 10.3. The lowest BCUT2D eigenvalue weighted by molar-refractivity contribution is -0.388. The van der Waals surface area contributed by atoms with E-state index in [1.54, 1.807) is 0 Å². The van der Waals surface area contributed by atoms with E-state index in [0.717, 1.165) is 0 Å². The molecule has 0 radical (unpaired) electrons. The number of hydrogen-bond acceptors (Lipinski definition) is 16. The number of aliphatic hydroxyl groups is 11. The highest BCUT2D eigenvalue weighted by molar-refractivity contribution is 4.98. The third-order valence-corrected chi connectivity index (χ3v) is 6.16. The van der Waals surface area contributed by atoms with E-state index in [0.29, 0.717) is 0 Å². The summed E-state index contributed by atoms with van der Waals surface area (Å²) in [5.41, 5.74) is 0. The predicted molar refractivity (Wildman–Crippen MR) is 101 cm³/mol. The second kappa shape index (κ2) is 11.2. The first-order chi connectivity index (χ1) is 16.0. The molecule has 3 rings (SSSR count). The first-order valence-corrected chi connectivity index (χ1v) is 10.6. The van der Waals surface area contributed by atoms with Crippen LogP contribution in [0.3, 0.4) is 0 Å². The van der Waals surface area contributed by atoms with E-state index in [2.05, 4.69) is 0 Å². The summed E-state index contributed by atoms with van der Waals surface area (Å²) in [6.07, 6.45) is -21.8. The van der Waals surface area contributed by atoms with Crippen LogP contribution in [-0.2, 0) is 23.7 Å². The first-order valence-electron chi connectivity index (χ1n) is 10.6. The summed E-state index contributed by atoms with van der Waals surface area (Å²) in [6, 6.07) is 0. The van der Waals surface area contributed by atoms with Crippen LogP contribution < -0.4 is 0 Å². The van der Waals surface area contributed by atoms with Crippen molar-refractivity contribution in [2.75, 3.05) is 26.4 Å². The fourth-order valence-corrected chi connectivity index (χ4v) is 4.01. The Morgan fingerprint density at radius 2 is 1.12 bits per heavy atom. The molecule has 0 aromatic rings. The predicted octanol–water partition coefficient (Wildman–Crippen LogP) is -7.57. The quantitative estimate of drug-likeness (QED) is 0.146. The molecule has 0 bridgehead atoms. The number of ether oxygens (including phenoxy) is 5. The highest BCUT2D eigenvalue weighted by Crippen LogP contribution is 2.36. The van der Waals surface area contributed by atoms with Crippen molar-refractivity contribution in [1.29, 1.82) is 0 Å². The normalized spacial score (nSPS) is 52.1. The largest absolute Gasteiger partial charge is 0.394 e. The van der Waals surface area contributed by atoms with Gasteiger partial charge in [-0.25, -0.2) is 0 Å². The average Bonchev–Trinajstić information content (AvgIpc) is 3.08. The van der Waals surface area contributed by atoms with Gasteiger partial charge in [-0.05, 0) is 0 Å². The zero-order valence-corrected chi connectivity index (χ0v) is 17.8. The standard InChI is InChI=1S/C18H32O16/c19-1-5-8(22)11(25)13(27)16(31-5)30-3-7-9(23)12(26)14(28)17(32-7)34-18(4-21)15(29)10(24)6(2-20)33-18/h5-17,19-29H,1-4H2/t5-,6-,7+,8-,9-,10+,11-,12-,13-,14-,15+,16+,17-,18+/m0/s1. The third kappa shape index (κ3) is 5.09. The van der Waals surface area contributed by atoms with E-state index in [1.165, 1.54) is 0 Å². The van der Waals surface area contributed by atoms with Crippen LogP contribution in [0.5, 0.6) is 0 Å². The van der Waals surface area contributed by atoms with E-state index in [-0.39, 0.29) is 0 Å². The zero-order valence-electron chi connectivity index (χ0n) is 17.8. The van der Waals surface area contributed by atoms with Crippen LogP contribution in [0, 0.1) is 0 Å². The van der Waals surface area contributed by atoms with Crippen molar-refractivity contribution in [3.8, 4) is 0 Å². The van der Waals surface area contributed by atoms with Gasteiger partial charge in [-0.2, -0.15) is 0 Å². The molecular formula is C18H32O16. The van der Waals surface area contributed by atoms with Gasteiger partial charge in [-0.1, -0.05) is 0 Å². The van der Waals surface area contributed by atoms with Gasteiger partial charge in [0, 0.05) is 0 Å². The van der Waals surface area contributed by atoms with Crippen LogP contribution in [0.4, 0.5) is 0 Å². The monoisotopic (exact) mass is 504 g/mol. The molecule has 3 aliphatic heterocycles. The van der Waals surface area contributed by atoms with Crippen molar-refractivity contribution in [1.82, 2.24) is 0 Å². The molecule has 0 unspecified atom stereocenters. The summed E-state index contributed by atoms with van der Waals surface area (Å²) in [5.74, 6) is -2.36. The Bertz CT molecular complexity index is 653. The molecule has 11 N–H and O–H groups in total. The van der Waals surface area contributed by atoms with Crippen LogP contribution in [0.25, 0.3) is 0 Å². The van der Waals surface area contributed by atoms with E-state index >= 15 is 0 Å². The molecule has 14 atom stereocenters. The maximum absolute atomic E-state index is 10.3. The molecule has 34 heavy (non-hydrogen) atoms. The SMILES string of the molecule is OC[C@@H]1O[C@@H](OC[C@H]2O[C@@H](O[C@@]3(CO)O[C@@H](CO)[C@@H](O)[C@H]3O)[C@@H](O)[C@@H](O)[C@H]2O)[C@@H](O)[C@@H](O)[C@H]1O. The Balaban J connectivity index is 1.69. The molecule has 3 saturated heterocycles. The van der Waals surface area contributed by atoms with Gasteiger partial charge in [0.25, 0.3) is 0 Å². The first kappa shape index (κ1) is 27.9. The van der Waals surface area contributed by atoms with Crippen LogP contribution in [-0.4, -0.2) is 168 Å². The van der Waals surface area contributed by atoms with Crippen LogP contribution >= 0.6 is 0 Å². The minimum absolute atomic E-state index is 0.634. The van der Waals surface area contributed by atoms with Gasteiger partial charge in [-0.3, -0.25) is 0 Å². The molecule has 0 aromatic heterocycles. The highest BCUT2D eigenvalue weighted by atomic mass is 16.8. The Hall–Kier alpha value is -0.640. The Morgan fingerprint density at radius 1 is 0.588 bits per heavy atom. The average molecular weight is 504 g/mol. The molecule has 3 fully saturated rings. The van der Waals surface area contributed by atoms with E-state index in [1.807, 2.05) is 0 Å². The summed E-state index contributed by atoms with van der Waals surface area (Å²) in [7, 11) is 0. The molecule has 16 heteroatoms. The molecule has 16 nitrogen and oxygen atoms in total. The van der Waals surface area contributed by atoms with Gasteiger partial charge in [0.15, 0.2) is 12.6 Å². The lowest BCUT2D eigenvalue weighted by atomic mass is 9.98. The number of hydrogen-bond donors (Lipinski definition) is 11. The van der Waals surface area contributed by atoms with Crippen molar-refractivity contribution >= 4 is 0 Å². The smallest absolute Gasteiger partial charge is 0.224 e. The molecule has 3 aliphatic rings. The molecule has 0 saturated carbocycles. The Labute approximate surface area is 192 Å². The van der Waals surface area contributed by atoms with E-state index < -0.39 is 112 Å². The van der Waals surface area contributed by atoms with Crippen molar-refractivity contribution in [2.45, 2.75) is 85.5 Å². The van der Waals surface area contributed by atoms with Crippen LogP contribution in [0.1, 0.15) is 0 Å². The van der Waals surface area contributed by atoms with E-state index in [4.69, 9.17) is 23.7 Å². The maximum Gasteiger partial charge on any atom is 0.224 e. The van der Waals surface area contributed by atoms with Gasteiger partial charge in [0.2, 0.25) is 5.79 Å². The summed E-state index contributed by atoms with van der Waals surface area (Å²) >= 11 is 0. The topological polar surface area (TPSA) is 269 Å². The second-order valence-corrected chi connectivity index (χ2v) is 8.41. The summed E-state index contributed by atoms with van der Waals surface area (Å²) in [4.78, 5) is 0. The van der Waals surface area contributed by atoms with Gasteiger partial charge in [-0.15, -0.1) is 0 Å². The fraction of sp³-hybridized carbons (Fsp3) is 1.00. The van der Waals surface area contributed by atoms with Gasteiger partial charge in [0.05, 0.1) is 19.8 Å². The second-order valence-electron chi connectivity index (χ2n) is 8.41. The minimum atomic E-state index is -2.36.